The SMILES string of the molecule is C=CCC1=C[C@@]2(CC3OC3(C)C)OCOC2=CC1=O. The maximum Gasteiger partial charge on any atom is 0.190 e. The minimum absolute atomic E-state index is 0.0213. The quantitative estimate of drug-likeness (QED) is 0.576. The lowest BCUT2D eigenvalue weighted by molar-refractivity contribution is -0.112. The molecule has 0 aromatic carbocycles. The fraction of sp³-hybridized carbons (Fsp3) is 0.533. The van der Waals surface area contributed by atoms with E-state index in [1.165, 1.54) is 0 Å². The summed E-state index contributed by atoms with van der Waals surface area (Å²) < 4.78 is 16.9. The van der Waals surface area contributed by atoms with Crippen molar-refractivity contribution in [1.29, 1.82) is 0 Å². The summed E-state index contributed by atoms with van der Waals surface area (Å²) in [4.78, 5) is 11.9. The Morgan fingerprint density at radius 3 is 2.89 bits per heavy atom. The first-order valence-corrected chi connectivity index (χ1v) is 6.50. The number of carbonyl (C=O) groups excluding carboxylic acids is 1. The van der Waals surface area contributed by atoms with Crippen molar-refractivity contribution in [2.45, 2.75) is 44.0 Å². The lowest BCUT2D eigenvalue weighted by Crippen LogP contribution is -2.34. The van der Waals surface area contributed by atoms with Gasteiger partial charge in [0, 0.05) is 18.1 Å². The molecule has 4 heteroatoms. The topological polar surface area (TPSA) is 48.1 Å². The van der Waals surface area contributed by atoms with Gasteiger partial charge in [0.25, 0.3) is 0 Å². The van der Waals surface area contributed by atoms with E-state index >= 15 is 0 Å². The Kier molecular flexibility index (Phi) is 2.69. The second kappa shape index (κ2) is 4.05. The van der Waals surface area contributed by atoms with E-state index in [4.69, 9.17) is 14.2 Å². The number of rotatable bonds is 4. The molecule has 3 rings (SSSR count). The zero-order chi connectivity index (χ0) is 13.7. The second-order valence-electron chi connectivity index (χ2n) is 5.75. The van der Waals surface area contributed by atoms with Crippen molar-refractivity contribution in [1.82, 2.24) is 0 Å². The molecule has 2 saturated heterocycles. The van der Waals surface area contributed by atoms with Gasteiger partial charge in [0.2, 0.25) is 0 Å². The number of ether oxygens (including phenoxy) is 3. The van der Waals surface area contributed by atoms with E-state index in [9.17, 15) is 4.79 Å². The van der Waals surface area contributed by atoms with Crippen molar-refractivity contribution >= 4 is 5.78 Å². The van der Waals surface area contributed by atoms with E-state index in [0.717, 1.165) is 0 Å². The minimum Gasteiger partial charge on any atom is -0.468 e. The molecule has 0 bridgehead atoms. The lowest BCUT2D eigenvalue weighted by atomic mass is 9.84. The van der Waals surface area contributed by atoms with Crippen LogP contribution in [0.25, 0.3) is 0 Å². The highest BCUT2D eigenvalue weighted by atomic mass is 16.7. The van der Waals surface area contributed by atoms with Crippen LogP contribution in [0.2, 0.25) is 0 Å². The van der Waals surface area contributed by atoms with E-state index in [1.807, 2.05) is 6.08 Å². The van der Waals surface area contributed by atoms with E-state index in [1.54, 1.807) is 12.2 Å². The Morgan fingerprint density at radius 1 is 1.53 bits per heavy atom. The number of hydrogen-bond acceptors (Lipinski definition) is 4. The van der Waals surface area contributed by atoms with Gasteiger partial charge < -0.3 is 14.2 Å². The number of ketones is 1. The standard InChI is InChI=1S/C15H18O4/c1-4-5-10-7-15(8-13-14(2,3)19-13)12(6-11(10)16)17-9-18-15/h4,6-7,13H,1,5,8-9H2,2-3H3/t13?,15-/m0/s1. The van der Waals surface area contributed by atoms with Crippen LogP contribution in [0.1, 0.15) is 26.7 Å². The van der Waals surface area contributed by atoms with Gasteiger partial charge >= 0.3 is 0 Å². The molecule has 0 radical (unpaired) electrons. The maximum atomic E-state index is 11.9. The van der Waals surface area contributed by atoms with E-state index < -0.39 is 5.60 Å². The summed E-state index contributed by atoms with van der Waals surface area (Å²) in [7, 11) is 0. The highest BCUT2D eigenvalue weighted by Crippen LogP contribution is 2.47. The number of hydrogen-bond donors (Lipinski definition) is 0. The van der Waals surface area contributed by atoms with Gasteiger partial charge in [-0.25, -0.2) is 0 Å². The summed E-state index contributed by atoms with van der Waals surface area (Å²) in [5.74, 6) is 0.587. The van der Waals surface area contributed by atoms with Crippen LogP contribution in [-0.4, -0.2) is 29.9 Å². The van der Waals surface area contributed by atoms with Crippen molar-refractivity contribution in [3.05, 3.63) is 36.1 Å². The summed E-state index contributed by atoms with van der Waals surface area (Å²) in [5, 5.41) is 0. The summed E-state index contributed by atoms with van der Waals surface area (Å²) in [6.07, 6.45) is 6.51. The molecule has 1 unspecified atom stereocenters. The first-order chi connectivity index (χ1) is 8.97. The normalized spacial score (nSPS) is 35.1. The Morgan fingerprint density at radius 2 is 2.26 bits per heavy atom. The van der Waals surface area contributed by atoms with Crippen molar-refractivity contribution in [3.8, 4) is 0 Å². The highest BCUT2D eigenvalue weighted by molar-refractivity contribution is 6.06. The Labute approximate surface area is 112 Å². The fourth-order valence-electron chi connectivity index (χ4n) is 2.66. The van der Waals surface area contributed by atoms with Crippen molar-refractivity contribution in [2.24, 2.45) is 0 Å². The molecule has 3 aliphatic rings. The molecule has 0 N–H and O–H groups in total. The molecule has 0 spiro atoms. The summed E-state index contributed by atoms with van der Waals surface area (Å²) >= 11 is 0. The van der Waals surface area contributed by atoms with Crippen LogP contribution in [0.15, 0.2) is 36.1 Å². The molecule has 1 aliphatic carbocycles. The molecular formula is C15H18O4. The van der Waals surface area contributed by atoms with Crippen LogP contribution < -0.4 is 0 Å². The largest absolute Gasteiger partial charge is 0.468 e. The summed E-state index contributed by atoms with van der Waals surface area (Å²) in [6.45, 7) is 7.97. The molecular weight excluding hydrogens is 244 g/mol. The van der Waals surface area contributed by atoms with E-state index in [0.29, 0.717) is 24.2 Å². The van der Waals surface area contributed by atoms with Gasteiger partial charge in [-0.2, -0.15) is 0 Å². The number of allylic oxidation sites excluding steroid dienone is 3. The summed E-state index contributed by atoms with van der Waals surface area (Å²) in [5.41, 5.74) is -0.0348. The molecule has 2 atom stereocenters. The molecule has 2 heterocycles. The molecule has 2 aliphatic heterocycles. The Bertz CT molecular complexity index is 500. The van der Waals surface area contributed by atoms with Gasteiger partial charge in [-0.05, 0) is 26.3 Å². The molecule has 0 saturated carbocycles. The average Bonchev–Trinajstić information content (AvgIpc) is 2.74. The smallest absolute Gasteiger partial charge is 0.190 e. The van der Waals surface area contributed by atoms with Crippen molar-refractivity contribution in [2.75, 3.05) is 6.79 Å². The van der Waals surface area contributed by atoms with Crippen molar-refractivity contribution in [3.63, 3.8) is 0 Å². The van der Waals surface area contributed by atoms with E-state index in [2.05, 4.69) is 20.4 Å². The van der Waals surface area contributed by atoms with Gasteiger partial charge in [-0.1, -0.05) is 6.08 Å². The van der Waals surface area contributed by atoms with Gasteiger partial charge in [-0.15, -0.1) is 6.58 Å². The van der Waals surface area contributed by atoms with Gasteiger partial charge in [0.05, 0.1) is 11.7 Å². The number of carbonyl (C=O) groups is 1. The van der Waals surface area contributed by atoms with Crippen LogP contribution in [0.5, 0.6) is 0 Å². The third-order valence-electron chi connectivity index (χ3n) is 3.95. The van der Waals surface area contributed by atoms with Crippen LogP contribution in [0.3, 0.4) is 0 Å². The minimum atomic E-state index is -0.634. The molecule has 0 aromatic heterocycles. The summed E-state index contributed by atoms with van der Waals surface area (Å²) in [6, 6.07) is 0. The van der Waals surface area contributed by atoms with Crippen LogP contribution in [0.4, 0.5) is 0 Å². The molecule has 102 valence electrons. The third kappa shape index (κ3) is 2.05. The molecule has 4 nitrogen and oxygen atoms in total. The first kappa shape index (κ1) is 12.6. The third-order valence-corrected chi connectivity index (χ3v) is 3.95. The number of epoxide rings is 1. The van der Waals surface area contributed by atoms with Gasteiger partial charge in [0.1, 0.15) is 5.76 Å². The zero-order valence-electron chi connectivity index (χ0n) is 11.3. The average molecular weight is 262 g/mol. The highest BCUT2D eigenvalue weighted by Gasteiger charge is 2.55. The monoisotopic (exact) mass is 262 g/mol. The van der Waals surface area contributed by atoms with Gasteiger partial charge in [-0.3, -0.25) is 4.79 Å². The Hall–Kier alpha value is -1.39. The van der Waals surface area contributed by atoms with Crippen LogP contribution >= 0.6 is 0 Å². The predicted octanol–water partition coefficient (Wildman–Crippen LogP) is 2.27. The van der Waals surface area contributed by atoms with E-state index in [-0.39, 0.29) is 24.3 Å². The fourth-order valence-corrected chi connectivity index (χ4v) is 2.66. The molecule has 19 heavy (non-hydrogen) atoms. The molecule has 0 aromatic rings. The Balaban J connectivity index is 1.89. The number of fused-ring (bicyclic) bond motifs is 1. The predicted molar refractivity (Wildman–Crippen MR) is 69.3 cm³/mol. The van der Waals surface area contributed by atoms with Crippen LogP contribution in [0, 0.1) is 0 Å². The van der Waals surface area contributed by atoms with Crippen LogP contribution in [-0.2, 0) is 19.0 Å². The maximum absolute atomic E-state index is 11.9. The zero-order valence-corrected chi connectivity index (χ0v) is 11.3. The molecule has 0 amide bonds. The lowest BCUT2D eigenvalue weighted by Gasteiger charge is -2.27. The van der Waals surface area contributed by atoms with Crippen molar-refractivity contribution < 1.29 is 19.0 Å². The first-order valence-electron chi connectivity index (χ1n) is 6.50. The van der Waals surface area contributed by atoms with Gasteiger partial charge in [0.15, 0.2) is 18.2 Å². The molecule has 2 fully saturated rings. The second-order valence-corrected chi connectivity index (χ2v) is 5.75.